The lowest BCUT2D eigenvalue weighted by atomic mass is 9.99. The number of aromatic nitrogens is 2. The summed E-state index contributed by atoms with van der Waals surface area (Å²) in [7, 11) is 0. The molecule has 0 radical (unpaired) electrons. The third-order valence-electron chi connectivity index (χ3n) is 5.40. The van der Waals surface area contributed by atoms with Gasteiger partial charge in [0.2, 0.25) is 5.91 Å². The van der Waals surface area contributed by atoms with E-state index in [4.69, 9.17) is 23.2 Å². The number of benzene rings is 2. The van der Waals surface area contributed by atoms with E-state index in [0.717, 1.165) is 36.0 Å². The Balaban J connectivity index is 1.69. The van der Waals surface area contributed by atoms with Gasteiger partial charge >= 0.3 is 0 Å². The lowest BCUT2D eigenvalue weighted by Crippen LogP contribution is -2.46. The van der Waals surface area contributed by atoms with Crippen molar-refractivity contribution >= 4 is 40.1 Å². The van der Waals surface area contributed by atoms with E-state index in [1.807, 2.05) is 65.8 Å². The zero-order valence-corrected chi connectivity index (χ0v) is 16.8. The van der Waals surface area contributed by atoms with Crippen molar-refractivity contribution in [2.75, 3.05) is 6.54 Å². The number of carbonyl (C=O) groups is 1. The summed E-state index contributed by atoms with van der Waals surface area (Å²) in [5, 5.41) is 1.34. The lowest BCUT2D eigenvalue weighted by Gasteiger charge is -2.34. The minimum atomic E-state index is -0.769. The third kappa shape index (κ3) is 3.21. The van der Waals surface area contributed by atoms with E-state index in [9.17, 15) is 4.79 Å². The molecule has 1 saturated heterocycles. The standard InChI is InChI=1S/C21H21Cl2N3O/c1-21(2,26-13-24-17-10-9-16(23)12-19(17)26)20(27)25-11-3-4-18(25)14-5-7-15(22)8-6-14/h5-10,12-13,18H,3-4,11H2,1-2H3. The molecule has 4 rings (SSSR count). The highest BCUT2D eigenvalue weighted by Gasteiger charge is 2.40. The molecule has 0 N–H and O–H groups in total. The van der Waals surface area contributed by atoms with Gasteiger partial charge in [0, 0.05) is 16.6 Å². The van der Waals surface area contributed by atoms with Crippen molar-refractivity contribution in [3.05, 3.63) is 64.4 Å². The smallest absolute Gasteiger partial charge is 0.248 e. The van der Waals surface area contributed by atoms with Crippen LogP contribution in [0.15, 0.2) is 48.8 Å². The zero-order chi connectivity index (χ0) is 19.2. The molecular formula is C21H21Cl2N3O. The normalized spacial score (nSPS) is 17.6. The molecule has 1 amide bonds. The predicted octanol–water partition coefficient (Wildman–Crippen LogP) is 5.44. The van der Waals surface area contributed by atoms with Crippen molar-refractivity contribution < 1.29 is 4.79 Å². The maximum absolute atomic E-state index is 13.6. The number of nitrogens with zero attached hydrogens (tertiary/aromatic N) is 3. The molecule has 2 aromatic carbocycles. The number of halogens is 2. The maximum Gasteiger partial charge on any atom is 0.248 e. The van der Waals surface area contributed by atoms with E-state index >= 15 is 0 Å². The Kier molecular flexibility index (Phi) is 4.65. The van der Waals surface area contributed by atoms with Gasteiger partial charge in [-0.3, -0.25) is 4.79 Å². The highest BCUT2D eigenvalue weighted by molar-refractivity contribution is 6.31. The van der Waals surface area contributed by atoms with Crippen LogP contribution in [-0.2, 0) is 10.3 Å². The first kappa shape index (κ1) is 18.3. The van der Waals surface area contributed by atoms with Gasteiger partial charge in [-0.2, -0.15) is 0 Å². The minimum Gasteiger partial charge on any atom is -0.334 e. The molecule has 0 aliphatic carbocycles. The van der Waals surface area contributed by atoms with E-state index < -0.39 is 5.54 Å². The van der Waals surface area contributed by atoms with Gasteiger partial charge in [-0.1, -0.05) is 35.3 Å². The van der Waals surface area contributed by atoms with Crippen molar-refractivity contribution in [1.29, 1.82) is 0 Å². The number of fused-ring (bicyclic) bond motifs is 1. The van der Waals surface area contributed by atoms with Crippen molar-refractivity contribution in [2.24, 2.45) is 0 Å². The molecule has 1 aromatic heterocycles. The average Bonchev–Trinajstić information content (AvgIpc) is 3.28. The van der Waals surface area contributed by atoms with E-state index in [1.165, 1.54) is 0 Å². The Bertz CT molecular complexity index is 994. The van der Waals surface area contributed by atoms with Crippen LogP contribution in [0, 0.1) is 0 Å². The minimum absolute atomic E-state index is 0.0763. The summed E-state index contributed by atoms with van der Waals surface area (Å²) >= 11 is 12.2. The van der Waals surface area contributed by atoms with Crippen LogP contribution in [0.4, 0.5) is 0 Å². The molecule has 4 nitrogen and oxygen atoms in total. The first-order valence-corrected chi connectivity index (χ1v) is 9.83. The van der Waals surface area contributed by atoms with Crippen LogP contribution in [0.3, 0.4) is 0 Å². The van der Waals surface area contributed by atoms with Crippen LogP contribution in [0.25, 0.3) is 11.0 Å². The molecule has 1 aliphatic heterocycles. The summed E-state index contributed by atoms with van der Waals surface area (Å²) in [6.45, 7) is 4.63. The van der Waals surface area contributed by atoms with Gasteiger partial charge in [0.15, 0.2) is 0 Å². The molecule has 1 unspecified atom stereocenters. The van der Waals surface area contributed by atoms with Crippen LogP contribution in [0.5, 0.6) is 0 Å². The maximum atomic E-state index is 13.6. The van der Waals surface area contributed by atoms with Crippen LogP contribution in [0.1, 0.15) is 38.3 Å². The fraction of sp³-hybridized carbons (Fsp3) is 0.333. The van der Waals surface area contributed by atoms with Crippen molar-refractivity contribution in [3.63, 3.8) is 0 Å². The van der Waals surface area contributed by atoms with Crippen LogP contribution < -0.4 is 0 Å². The Morgan fingerprint density at radius 3 is 2.56 bits per heavy atom. The molecule has 27 heavy (non-hydrogen) atoms. The molecule has 6 heteroatoms. The van der Waals surface area contributed by atoms with Crippen LogP contribution in [-0.4, -0.2) is 26.9 Å². The van der Waals surface area contributed by atoms with Crippen molar-refractivity contribution in [3.8, 4) is 0 Å². The Labute approximate surface area is 168 Å². The highest BCUT2D eigenvalue weighted by atomic mass is 35.5. The van der Waals surface area contributed by atoms with Gasteiger partial charge in [-0.25, -0.2) is 4.98 Å². The topological polar surface area (TPSA) is 38.1 Å². The van der Waals surface area contributed by atoms with E-state index in [0.29, 0.717) is 10.0 Å². The third-order valence-corrected chi connectivity index (χ3v) is 5.89. The molecule has 1 fully saturated rings. The summed E-state index contributed by atoms with van der Waals surface area (Å²) in [6.07, 6.45) is 3.68. The Morgan fingerprint density at radius 2 is 1.81 bits per heavy atom. The number of hydrogen-bond acceptors (Lipinski definition) is 2. The summed E-state index contributed by atoms with van der Waals surface area (Å²) in [5.41, 5.74) is 2.05. The number of amides is 1. The molecule has 0 saturated carbocycles. The van der Waals surface area contributed by atoms with E-state index in [-0.39, 0.29) is 11.9 Å². The van der Waals surface area contributed by atoms with Gasteiger partial charge in [0.25, 0.3) is 0 Å². The van der Waals surface area contributed by atoms with Crippen molar-refractivity contribution in [2.45, 2.75) is 38.3 Å². The fourth-order valence-corrected chi connectivity index (χ4v) is 4.21. The van der Waals surface area contributed by atoms with Crippen LogP contribution in [0.2, 0.25) is 10.0 Å². The molecule has 3 aromatic rings. The summed E-state index contributed by atoms with van der Waals surface area (Å²) in [4.78, 5) is 20.0. The molecule has 1 aliphatic rings. The molecular weight excluding hydrogens is 381 g/mol. The summed E-state index contributed by atoms with van der Waals surface area (Å²) < 4.78 is 1.92. The van der Waals surface area contributed by atoms with Crippen LogP contribution >= 0.6 is 23.2 Å². The molecule has 2 heterocycles. The number of carbonyl (C=O) groups excluding carboxylic acids is 1. The van der Waals surface area contributed by atoms with Crippen molar-refractivity contribution in [1.82, 2.24) is 14.5 Å². The summed E-state index contributed by atoms with van der Waals surface area (Å²) in [5.74, 6) is 0.0826. The molecule has 0 spiro atoms. The number of imidazole rings is 1. The van der Waals surface area contributed by atoms with E-state index in [1.54, 1.807) is 6.33 Å². The van der Waals surface area contributed by atoms with Gasteiger partial charge < -0.3 is 9.47 Å². The number of likely N-dealkylation sites (tertiary alicyclic amines) is 1. The SMILES string of the molecule is CC(C)(C(=O)N1CCCC1c1ccc(Cl)cc1)n1cnc2ccc(Cl)cc21. The van der Waals surface area contributed by atoms with Gasteiger partial charge in [0.1, 0.15) is 5.54 Å². The van der Waals surface area contributed by atoms with Gasteiger partial charge in [-0.05, 0) is 62.6 Å². The first-order chi connectivity index (χ1) is 12.9. The second kappa shape index (κ2) is 6.84. The monoisotopic (exact) mass is 401 g/mol. The second-order valence-corrected chi connectivity index (χ2v) is 8.39. The molecule has 1 atom stereocenters. The first-order valence-electron chi connectivity index (χ1n) is 9.07. The quantitative estimate of drug-likeness (QED) is 0.585. The molecule has 0 bridgehead atoms. The lowest BCUT2D eigenvalue weighted by molar-refractivity contribution is -0.140. The van der Waals surface area contributed by atoms with E-state index in [2.05, 4.69) is 4.98 Å². The Morgan fingerprint density at radius 1 is 1.11 bits per heavy atom. The predicted molar refractivity (Wildman–Crippen MR) is 109 cm³/mol. The largest absolute Gasteiger partial charge is 0.334 e. The number of hydrogen-bond donors (Lipinski definition) is 0. The molecule has 140 valence electrons. The average molecular weight is 402 g/mol. The zero-order valence-electron chi connectivity index (χ0n) is 15.3. The highest BCUT2D eigenvalue weighted by Crippen LogP contribution is 2.36. The van der Waals surface area contributed by atoms with Gasteiger partial charge in [0.05, 0.1) is 23.4 Å². The summed E-state index contributed by atoms with van der Waals surface area (Å²) in [6, 6.07) is 13.4. The number of rotatable bonds is 3. The second-order valence-electron chi connectivity index (χ2n) is 7.51. The fourth-order valence-electron chi connectivity index (χ4n) is 3.92. The Hall–Kier alpha value is -2.04. The van der Waals surface area contributed by atoms with Gasteiger partial charge in [-0.15, -0.1) is 0 Å².